The van der Waals surface area contributed by atoms with Gasteiger partial charge in [-0.05, 0) is 63.9 Å². The van der Waals surface area contributed by atoms with Crippen LogP contribution in [0.5, 0.6) is 5.75 Å². The smallest absolute Gasteiger partial charge is 0.408 e. The Morgan fingerprint density at radius 2 is 1.90 bits per heavy atom. The zero-order valence-corrected chi connectivity index (χ0v) is 19.6. The molecule has 1 rings (SSSR count). The van der Waals surface area contributed by atoms with E-state index >= 15 is 0 Å². The molecular weight excluding hydrogens is 389 g/mol. The first-order valence-corrected chi connectivity index (χ1v) is 12.8. The van der Waals surface area contributed by atoms with Crippen molar-refractivity contribution in [2.24, 2.45) is 0 Å². The number of amides is 1. The van der Waals surface area contributed by atoms with Crippen molar-refractivity contribution in [1.82, 2.24) is 5.32 Å². The molecular formula is C22H34FNO4Si. The summed E-state index contributed by atoms with van der Waals surface area (Å²) < 4.78 is 25.0. The summed E-state index contributed by atoms with van der Waals surface area (Å²) in [5, 5.41) is 2.39. The zero-order chi connectivity index (χ0) is 22.3. The Morgan fingerprint density at radius 3 is 2.48 bits per heavy atom. The Kier molecular flexibility index (Phi) is 8.73. The second kappa shape index (κ2) is 10.1. The molecule has 2 N–H and O–H groups in total. The van der Waals surface area contributed by atoms with Gasteiger partial charge in [0.05, 0.1) is 18.7 Å². The molecule has 0 aliphatic heterocycles. The number of carbonyl (C=O) groups is 1. The molecule has 0 aromatic heterocycles. The maximum atomic E-state index is 14.2. The third kappa shape index (κ3) is 8.88. The van der Waals surface area contributed by atoms with Crippen LogP contribution in [0.2, 0.25) is 18.1 Å². The molecule has 0 heterocycles. The molecule has 0 saturated heterocycles. The van der Waals surface area contributed by atoms with Gasteiger partial charge in [0.2, 0.25) is 0 Å². The van der Waals surface area contributed by atoms with Gasteiger partial charge in [0.25, 0.3) is 0 Å². The van der Waals surface area contributed by atoms with Crippen molar-refractivity contribution >= 4 is 14.4 Å². The van der Waals surface area contributed by atoms with Gasteiger partial charge in [-0.2, -0.15) is 0 Å². The van der Waals surface area contributed by atoms with Crippen molar-refractivity contribution in [3.8, 4) is 17.6 Å². The number of rotatable bonds is 7. The van der Waals surface area contributed by atoms with E-state index in [-0.39, 0.29) is 17.3 Å². The van der Waals surface area contributed by atoms with E-state index in [1.807, 2.05) is 13.1 Å². The van der Waals surface area contributed by atoms with E-state index in [0.29, 0.717) is 18.6 Å². The van der Waals surface area contributed by atoms with Gasteiger partial charge in [-0.1, -0.05) is 31.8 Å². The summed E-state index contributed by atoms with van der Waals surface area (Å²) in [5.74, 6) is 5.25. The monoisotopic (exact) mass is 423 g/mol. The maximum Gasteiger partial charge on any atom is 0.408 e. The Balaban J connectivity index is 2.66. The minimum absolute atomic E-state index is 0.0786. The number of para-hydroxylation sites is 1. The Bertz CT molecular complexity index is 755. The van der Waals surface area contributed by atoms with Gasteiger partial charge in [0.1, 0.15) is 5.60 Å². The molecule has 1 amide bonds. The predicted molar refractivity (Wildman–Crippen MR) is 116 cm³/mol. The van der Waals surface area contributed by atoms with E-state index in [2.05, 4.69) is 31.0 Å². The van der Waals surface area contributed by atoms with Crippen molar-refractivity contribution < 1.29 is 23.5 Å². The van der Waals surface area contributed by atoms with Crippen LogP contribution in [0, 0.1) is 17.7 Å². The summed E-state index contributed by atoms with van der Waals surface area (Å²) in [5.41, 5.74) is -0.157. The van der Waals surface area contributed by atoms with Crippen LogP contribution in [-0.2, 0) is 4.74 Å². The predicted octanol–water partition coefficient (Wildman–Crippen LogP) is 4.84. The van der Waals surface area contributed by atoms with E-state index in [1.165, 1.54) is 6.07 Å². The van der Waals surface area contributed by atoms with E-state index in [9.17, 15) is 14.0 Å². The summed E-state index contributed by atoms with van der Waals surface area (Å²) in [6.45, 7) is 13.7. The third-order valence-corrected chi connectivity index (χ3v) is 8.32. The van der Waals surface area contributed by atoms with Gasteiger partial charge in [0.15, 0.2) is 19.9 Å². The summed E-state index contributed by atoms with van der Waals surface area (Å²) in [7, 11) is -2.28. The number of ether oxygens (including phenoxy) is 2. The van der Waals surface area contributed by atoms with Crippen LogP contribution in [0.3, 0.4) is 0 Å². The van der Waals surface area contributed by atoms with Gasteiger partial charge >= 0.3 is 6.09 Å². The van der Waals surface area contributed by atoms with Crippen molar-refractivity contribution in [2.45, 2.75) is 71.2 Å². The van der Waals surface area contributed by atoms with Crippen LogP contribution in [0.4, 0.5) is 9.18 Å². The minimum atomic E-state index is -2.28. The lowest BCUT2D eigenvalue weighted by Gasteiger charge is -2.35. The Morgan fingerprint density at radius 1 is 1.24 bits per heavy atom. The molecule has 0 unspecified atom stereocenters. The molecule has 0 atom stereocenters. The van der Waals surface area contributed by atoms with Crippen molar-refractivity contribution in [1.29, 1.82) is 0 Å². The van der Waals surface area contributed by atoms with Gasteiger partial charge in [-0.15, -0.1) is 0 Å². The fourth-order valence-corrected chi connectivity index (χ4v) is 3.11. The molecule has 0 spiro atoms. The fraction of sp³-hybridized carbons (Fsp3) is 0.591. The number of carbonyl (C=O) groups excluding carboxylic acids is 1. The van der Waals surface area contributed by atoms with Gasteiger partial charge in [0, 0.05) is 0 Å². The first kappa shape index (κ1) is 25.0. The lowest BCUT2D eigenvalue weighted by Crippen LogP contribution is -2.39. The highest BCUT2D eigenvalue weighted by Gasteiger charge is 2.37. The number of hydrogen-bond acceptors (Lipinski definition) is 4. The lowest BCUT2D eigenvalue weighted by molar-refractivity contribution is 0.0535. The standard InChI is InChI=1S/C22H34FNO4Si/c1-21(2,3)28-20(25)24-15-9-12-17-11-8-13-18(23)19(17)27-16-10-14-22(4,5)29(6,7)26/h8,11,13,26H,10,14-16H2,1-7H3,(H,24,25). The molecule has 162 valence electrons. The first-order valence-electron chi connectivity index (χ1n) is 9.82. The van der Waals surface area contributed by atoms with E-state index in [4.69, 9.17) is 9.47 Å². The third-order valence-electron chi connectivity index (χ3n) is 4.76. The van der Waals surface area contributed by atoms with Crippen LogP contribution in [-0.4, -0.2) is 38.0 Å². The second-order valence-electron chi connectivity index (χ2n) is 9.17. The van der Waals surface area contributed by atoms with Crippen molar-refractivity contribution in [2.75, 3.05) is 13.2 Å². The zero-order valence-electron chi connectivity index (χ0n) is 18.6. The van der Waals surface area contributed by atoms with E-state index < -0.39 is 25.8 Å². The number of benzene rings is 1. The average molecular weight is 424 g/mol. The average Bonchev–Trinajstić information content (AvgIpc) is 2.54. The number of alkyl carbamates (subject to hydrolysis) is 1. The molecule has 0 saturated carbocycles. The SMILES string of the molecule is CC(C)(C)OC(=O)NCC#Cc1cccc(F)c1OCCCC(C)(C)[Si](C)(C)O. The number of halogens is 1. The van der Waals surface area contributed by atoms with Crippen LogP contribution in [0.15, 0.2) is 18.2 Å². The van der Waals surface area contributed by atoms with E-state index in [0.717, 1.165) is 6.42 Å². The number of hydrogen-bond donors (Lipinski definition) is 2. The fourth-order valence-electron chi connectivity index (χ4n) is 2.32. The summed E-state index contributed by atoms with van der Waals surface area (Å²) in [4.78, 5) is 22.0. The van der Waals surface area contributed by atoms with Crippen molar-refractivity contribution in [3.63, 3.8) is 0 Å². The molecule has 0 aliphatic rings. The highest BCUT2D eigenvalue weighted by molar-refractivity contribution is 6.72. The minimum Gasteiger partial charge on any atom is -0.489 e. The largest absolute Gasteiger partial charge is 0.489 e. The Labute approximate surface area is 175 Å². The molecule has 1 aromatic rings. The highest BCUT2D eigenvalue weighted by Crippen LogP contribution is 2.39. The lowest BCUT2D eigenvalue weighted by atomic mass is 10.1. The quantitative estimate of drug-likeness (QED) is 0.374. The topological polar surface area (TPSA) is 67.8 Å². The van der Waals surface area contributed by atoms with Crippen LogP contribution >= 0.6 is 0 Å². The number of nitrogens with one attached hydrogen (secondary N) is 1. The van der Waals surface area contributed by atoms with Gasteiger partial charge < -0.3 is 19.6 Å². The summed E-state index contributed by atoms with van der Waals surface area (Å²) in [6.07, 6.45) is 0.934. The van der Waals surface area contributed by atoms with Crippen LogP contribution in [0.25, 0.3) is 0 Å². The molecule has 1 aromatic carbocycles. The molecule has 0 fully saturated rings. The molecule has 0 aliphatic carbocycles. The normalized spacial score (nSPS) is 12.0. The van der Waals surface area contributed by atoms with Gasteiger partial charge in [-0.3, -0.25) is 0 Å². The summed E-state index contributed by atoms with van der Waals surface area (Å²) in [6, 6.07) is 4.57. The highest BCUT2D eigenvalue weighted by atomic mass is 28.4. The van der Waals surface area contributed by atoms with Crippen LogP contribution in [0.1, 0.15) is 53.0 Å². The molecule has 5 nitrogen and oxygen atoms in total. The molecule has 7 heteroatoms. The van der Waals surface area contributed by atoms with Gasteiger partial charge in [-0.25, -0.2) is 9.18 Å². The van der Waals surface area contributed by atoms with E-state index in [1.54, 1.807) is 32.9 Å². The Hall–Kier alpha value is -2.04. The van der Waals surface area contributed by atoms with Crippen molar-refractivity contribution in [3.05, 3.63) is 29.6 Å². The maximum absolute atomic E-state index is 14.2. The first-order chi connectivity index (χ1) is 13.2. The molecule has 0 radical (unpaired) electrons. The summed E-state index contributed by atoms with van der Waals surface area (Å²) >= 11 is 0. The van der Waals surface area contributed by atoms with Crippen LogP contribution < -0.4 is 10.1 Å². The molecule has 0 bridgehead atoms. The second-order valence-corrected chi connectivity index (χ2v) is 13.6. The molecule has 29 heavy (non-hydrogen) atoms.